The molecule has 0 radical (unpaired) electrons. The summed E-state index contributed by atoms with van der Waals surface area (Å²) in [5, 5.41) is 11.2. The highest BCUT2D eigenvalue weighted by molar-refractivity contribution is 5.84. The number of aliphatic carboxylic acids is 1. The molecule has 2 N–H and O–H groups in total. The number of carbonyl (C=O) groups is 3. The maximum atomic E-state index is 11.9. The van der Waals surface area contributed by atoms with Crippen LogP contribution in [0.25, 0.3) is 0 Å². The number of urea groups is 1. The monoisotopic (exact) mass is 271 g/mol. The Balaban J connectivity index is 2.40. The van der Waals surface area contributed by atoms with Gasteiger partial charge in [0, 0.05) is 26.2 Å². The van der Waals surface area contributed by atoms with Gasteiger partial charge in [-0.1, -0.05) is 0 Å². The summed E-state index contributed by atoms with van der Waals surface area (Å²) in [4.78, 5) is 37.0. The minimum absolute atomic E-state index is 0.0561. The van der Waals surface area contributed by atoms with Crippen molar-refractivity contribution in [3.05, 3.63) is 0 Å². The van der Waals surface area contributed by atoms with E-state index in [-0.39, 0.29) is 37.5 Å². The predicted molar refractivity (Wildman–Crippen MR) is 68.7 cm³/mol. The van der Waals surface area contributed by atoms with E-state index in [1.807, 2.05) is 6.92 Å². The molecular formula is C12H21N3O4. The van der Waals surface area contributed by atoms with Crippen LogP contribution in [-0.2, 0) is 9.59 Å². The Morgan fingerprint density at radius 3 is 2.42 bits per heavy atom. The minimum atomic E-state index is -0.930. The highest BCUT2D eigenvalue weighted by Crippen LogP contribution is 2.26. The van der Waals surface area contributed by atoms with Crippen LogP contribution in [0.4, 0.5) is 4.79 Å². The third-order valence-corrected chi connectivity index (χ3v) is 3.11. The maximum Gasteiger partial charge on any atom is 0.318 e. The largest absolute Gasteiger partial charge is 0.481 e. The van der Waals surface area contributed by atoms with E-state index in [4.69, 9.17) is 5.11 Å². The number of amides is 3. The third kappa shape index (κ3) is 5.15. The van der Waals surface area contributed by atoms with Crippen LogP contribution in [0.15, 0.2) is 0 Å². The van der Waals surface area contributed by atoms with E-state index >= 15 is 0 Å². The summed E-state index contributed by atoms with van der Waals surface area (Å²) < 4.78 is 0. The molecule has 0 bridgehead atoms. The van der Waals surface area contributed by atoms with Gasteiger partial charge in [0.25, 0.3) is 0 Å². The molecule has 0 unspecified atom stereocenters. The molecule has 0 saturated heterocycles. The Kier molecular flexibility index (Phi) is 5.59. The summed E-state index contributed by atoms with van der Waals surface area (Å²) in [5.41, 5.74) is 0. The molecular weight excluding hydrogens is 250 g/mol. The van der Waals surface area contributed by atoms with Crippen LogP contribution in [0.3, 0.4) is 0 Å². The first-order valence-electron chi connectivity index (χ1n) is 6.46. The standard InChI is InChI=1S/C12H21N3O4/c1-3-14(2)10(16)8-13-12(19)15(9-4-5-9)7-6-11(17)18/h9H,3-8H2,1-2H3,(H,13,19)(H,17,18). The molecule has 7 nitrogen and oxygen atoms in total. The molecule has 0 heterocycles. The zero-order valence-corrected chi connectivity index (χ0v) is 11.4. The molecule has 0 aromatic carbocycles. The van der Waals surface area contributed by atoms with Gasteiger partial charge in [-0.25, -0.2) is 4.79 Å². The van der Waals surface area contributed by atoms with Crippen molar-refractivity contribution in [2.24, 2.45) is 0 Å². The van der Waals surface area contributed by atoms with Gasteiger partial charge in [-0.05, 0) is 19.8 Å². The number of carboxylic acid groups (broad SMARTS) is 1. The van der Waals surface area contributed by atoms with E-state index in [2.05, 4.69) is 5.32 Å². The lowest BCUT2D eigenvalue weighted by molar-refractivity contribution is -0.137. The van der Waals surface area contributed by atoms with Crippen LogP contribution in [0.2, 0.25) is 0 Å². The first-order valence-corrected chi connectivity index (χ1v) is 6.46. The second kappa shape index (κ2) is 6.96. The average Bonchev–Trinajstić information content (AvgIpc) is 3.19. The van der Waals surface area contributed by atoms with Crippen molar-refractivity contribution in [1.29, 1.82) is 0 Å². The van der Waals surface area contributed by atoms with E-state index in [1.165, 1.54) is 9.80 Å². The van der Waals surface area contributed by atoms with Crippen LogP contribution in [-0.4, -0.2) is 65.5 Å². The Morgan fingerprint density at radius 1 is 1.32 bits per heavy atom. The van der Waals surface area contributed by atoms with Crippen LogP contribution >= 0.6 is 0 Å². The molecule has 0 spiro atoms. The molecule has 1 aliphatic carbocycles. The highest BCUT2D eigenvalue weighted by atomic mass is 16.4. The lowest BCUT2D eigenvalue weighted by Crippen LogP contribution is -2.46. The summed E-state index contributed by atoms with van der Waals surface area (Å²) >= 11 is 0. The topological polar surface area (TPSA) is 90.0 Å². The predicted octanol–water partition coefficient (Wildman–Crippen LogP) is 0.113. The molecule has 1 saturated carbocycles. The molecule has 1 rings (SSSR count). The minimum Gasteiger partial charge on any atom is -0.481 e. The number of carboxylic acids is 1. The van der Waals surface area contributed by atoms with Gasteiger partial charge in [0.1, 0.15) is 0 Å². The zero-order chi connectivity index (χ0) is 14.4. The van der Waals surface area contributed by atoms with Gasteiger partial charge in [0.05, 0.1) is 13.0 Å². The van der Waals surface area contributed by atoms with Crippen molar-refractivity contribution in [1.82, 2.24) is 15.1 Å². The molecule has 1 aliphatic rings. The van der Waals surface area contributed by atoms with Crippen LogP contribution in [0.1, 0.15) is 26.2 Å². The van der Waals surface area contributed by atoms with Gasteiger partial charge in [0.2, 0.25) is 5.91 Å². The molecule has 7 heteroatoms. The van der Waals surface area contributed by atoms with Crippen molar-refractivity contribution in [2.45, 2.75) is 32.2 Å². The zero-order valence-electron chi connectivity index (χ0n) is 11.4. The molecule has 0 aliphatic heterocycles. The average molecular weight is 271 g/mol. The molecule has 108 valence electrons. The molecule has 19 heavy (non-hydrogen) atoms. The smallest absolute Gasteiger partial charge is 0.318 e. The van der Waals surface area contributed by atoms with Gasteiger partial charge in [0.15, 0.2) is 0 Å². The second-order valence-electron chi connectivity index (χ2n) is 4.63. The first kappa shape index (κ1) is 15.3. The summed E-state index contributed by atoms with van der Waals surface area (Å²) in [6.07, 6.45) is 1.72. The van der Waals surface area contributed by atoms with Gasteiger partial charge in [-0.15, -0.1) is 0 Å². The third-order valence-electron chi connectivity index (χ3n) is 3.11. The number of rotatable bonds is 7. The van der Waals surface area contributed by atoms with Gasteiger partial charge in [-0.3, -0.25) is 9.59 Å². The Bertz CT molecular complexity index is 355. The molecule has 0 atom stereocenters. The van der Waals surface area contributed by atoms with Crippen LogP contribution in [0.5, 0.6) is 0 Å². The van der Waals surface area contributed by atoms with Crippen molar-refractivity contribution >= 4 is 17.9 Å². The number of nitrogens with one attached hydrogen (secondary N) is 1. The number of carbonyl (C=O) groups excluding carboxylic acids is 2. The van der Waals surface area contributed by atoms with Crippen molar-refractivity contribution < 1.29 is 19.5 Å². The number of likely N-dealkylation sites (N-methyl/N-ethyl adjacent to an activating group) is 1. The normalized spacial score (nSPS) is 13.8. The Morgan fingerprint density at radius 2 is 1.95 bits per heavy atom. The second-order valence-corrected chi connectivity index (χ2v) is 4.63. The molecule has 3 amide bonds. The van der Waals surface area contributed by atoms with Crippen molar-refractivity contribution in [3.8, 4) is 0 Å². The van der Waals surface area contributed by atoms with E-state index < -0.39 is 5.97 Å². The van der Waals surface area contributed by atoms with E-state index in [9.17, 15) is 14.4 Å². The van der Waals surface area contributed by atoms with Gasteiger partial charge in [-0.2, -0.15) is 0 Å². The molecule has 0 aromatic heterocycles. The lowest BCUT2D eigenvalue weighted by atomic mass is 10.4. The fraction of sp³-hybridized carbons (Fsp3) is 0.750. The first-order chi connectivity index (χ1) is 8.95. The van der Waals surface area contributed by atoms with E-state index in [1.54, 1.807) is 7.05 Å². The van der Waals surface area contributed by atoms with Crippen LogP contribution in [0, 0.1) is 0 Å². The summed E-state index contributed by atoms with van der Waals surface area (Å²) in [5.74, 6) is -1.09. The van der Waals surface area contributed by atoms with Gasteiger partial charge < -0.3 is 20.2 Å². The summed E-state index contributed by atoms with van der Waals surface area (Å²) in [7, 11) is 1.66. The van der Waals surface area contributed by atoms with Crippen molar-refractivity contribution in [3.63, 3.8) is 0 Å². The Labute approximate surface area is 112 Å². The fourth-order valence-corrected chi connectivity index (χ4v) is 1.62. The molecule has 0 aromatic rings. The summed E-state index contributed by atoms with van der Waals surface area (Å²) in [6, 6.07) is -0.236. The van der Waals surface area contributed by atoms with Crippen molar-refractivity contribution in [2.75, 3.05) is 26.7 Å². The molecule has 1 fully saturated rings. The SMILES string of the molecule is CCN(C)C(=O)CNC(=O)N(CCC(=O)O)C1CC1. The maximum absolute atomic E-state index is 11.9. The van der Waals surface area contributed by atoms with Gasteiger partial charge >= 0.3 is 12.0 Å². The van der Waals surface area contributed by atoms with E-state index in [0.717, 1.165) is 12.8 Å². The highest BCUT2D eigenvalue weighted by Gasteiger charge is 2.32. The van der Waals surface area contributed by atoms with Crippen LogP contribution < -0.4 is 5.32 Å². The lowest BCUT2D eigenvalue weighted by Gasteiger charge is -2.22. The number of hydrogen-bond acceptors (Lipinski definition) is 3. The fourth-order valence-electron chi connectivity index (χ4n) is 1.62. The number of hydrogen-bond donors (Lipinski definition) is 2. The quantitative estimate of drug-likeness (QED) is 0.688. The number of nitrogens with zero attached hydrogens (tertiary/aromatic N) is 2. The van der Waals surface area contributed by atoms with E-state index in [0.29, 0.717) is 6.54 Å². The Hall–Kier alpha value is -1.79. The summed E-state index contributed by atoms with van der Waals surface area (Å²) in [6.45, 7) is 2.56.